The van der Waals surface area contributed by atoms with Crippen LogP contribution in [0.3, 0.4) is 0 Å². The monoisotopic (exact) mass is 417 g/mol. The van der Waals surface area contributed by atoms with Crippen molar-refractivity contribution in [1.29, 1.82) is 0 Å². The molecule has 30 heavy (non-hydrogen) atoms. The van der Waals surface area contributed by atoms with Gasteiger partial charge in [-0.05, 0) is 43.2 Å². The molecule has 0 bridgehead atoms. The number of aromatic nitrogens is 5. The summed E-state index contributed by atoms with van der Waals surface area (Å²) in [5, 5.41) is 12.3. The second kappa shape index (κ2) is 6.89. The second-order valence-corrected chi connectivity index (χ2v) is 7.29. The van der Waals surface area contributed by atoms with Crippen LogP contribution in [0.1, 0.15) is 37.3 Å². The fourth-order valence-electron chi connectivity index (χ4n) is 3.84. The first-order valence-corrected chi connectivity index (χ1v) is 9.46. The molecule has 0 saturated heterocycles. The van der Waals surface area contributed by atoms with Crippen molar-refractivity contribution < 1.29 is 22.1 Å². The van der Waals surface area contributed by atoms with E-state index < -0.39 is 17.6 Å². The average Bonchev–Trinajstić information content (AvgIpc) is 3.45. The molecule has 2 aromatic carbocycles. The Morgan fingerprint density at radius 3 is 2.50 bits per heavy atom. The predicted molar refractivity (Wildman–Crippen MR) is 98.7 cm³/mol. The van der Waals surface area contributed by atoms with Crippen LogP contribution < -0.4 is 0 Å². The summed E-state index contributed by atoms with van der Waals surface area (Å²) < 4.78 is 59.2. The van der Waals surface area contributed by atoms with Gasteiger partial charge < -0.3 is 4.52 Å². The van der Waals surface area contributed by atoms with Gasteiger partial charge in [-0.3, -0.25) is 0 Å². The van der Waals surface area contributed by atoms with Crippen LogP contribution in [-0.2, 0) is 6.18 Å². The van der Waals surface area contributed by atoms with Crippen LogP contribution >= 0.6 is 0 Å². The van der Waals surface area contributed by atoms with Gasteiger partial charge in [-0.25, -0.2) is 9.07 Å². The zero-order valence-corrected chi connectivity index (χ0v) is 15.5. The first kappa shape index (κ1) is 18.7. The summed E-state index contributed by atoms with van der Waals surface area (Å²) in [5.41, 5.74) is 0.927. The van der Waals surface area contributed by atoms with Crippen LogP contribution in [0.2, 0.25) is 0 Å². The smallest absolute Gasteiger partial charge is 0.334 e. The minimum Gasteiger partial charge on any atom is -0.334 e. The molecule has 0 spiro atoms. The van der Waals surface area contributed by atoms with Gasteiger partial charge in [0.1, 0.15) is 11.3 Å². The largest absolute Gasteiger partial charge is 0.419 e. The number of hydrogen-bond acceptors (Lipinski definition) is 5. The number of nitrogens with zero attached hydrogens (tertiary/aromatic N) is 5. The van der Waals surface area contributed by atoms with Crippen LogP contribution in [0.15, 0.2) is 40.9 Å². The summed E-state index contributed by atoms with van der Waals surface area (Å²) in [7, 11) is 0. The summed E-state index contributed by atoms with van der Waals surface area (Å²) in [6.45, 7) is 0. The Hall–Kier alpha value is -3.30. The van der Waals surface area contributed by atoms with Gasteiger partial charge >= 0.3 is 6.18 Å². The highest BCUT2D eigenvalue weighted by atomic mass is 19.4. The van der Waals surface area contributed by atoms with Crippen molar-refractivity contribution in [3.05, 3.63) is 47.8 Å². The van der Waals surface area contributed by atoms with Crippen molar-refractivity contribution in [2.24, 2.45) is 0 Å². The molecule has 0 atom stereocenters. The quantitative estimate of drug-likeness (QED) is 0.416. The number of halogens is 4. The summed E-state index contributed by atoms with van der Waals surface area (Å²) in [5.74, 6) is -1.24. The molecule has 1 saturated carbocycles. The van der Waals surface area contributed by atoms with E-state index in [2.05, 4.69) is 20.5 Å². The molecule has 154 valence electrons. The number of benzene rings is 2. The van der Waals surface area contributed by atoms with Crippen molar-refractivity contribution in [3.8, 4) is 22.8 Å². The third kappa shape index (κ3) is 3.21. The number of alkyl halides is 3. The van der Waals surface area contributed by atoms with Gasteiger partial charge in [-0.1, -0.05) is 29.3 Å². The molecule has 2 heterocycles. The molecule has 0 aliphatic heterocycles. The van der Waals surface area contributed by atoms with Gasteiger partial charge in [0.2, 0.25) is 5.82 Å². The van der Waals surface area contributed by atoms with E-state index >= 15 is 0 Å². The van der Waals surface area contributed by atoms with Crippen LogP contribution in [0.4, 0.5) is 17.6 Å². The van der Waals surface area contributed by atoms with Crippen molar-refractivity contribution in [2.45, 2.75) is 37.9 Å². The van der Waals surface area contributed by atoms with E-state index in [1.165, 1.54) is 12.8 Å². The molecule has 1 aliphatic carbocycles. The Balaban J connectivity index is 1.45. The lowest BCUT2D eigenvalue weighted by molar-refractivity contribution is -0.139. The van der Waals surface area contributed by atoms with E-state index in [1.807, 2.05) is 10.7 Å². The average molecular weight is 417 g/mol. The van der Waals surface area contributed by atoms with Gasteiger partial charge in [0.25, 0.3) is 5.89 Å². The first-order valence-electron chi connectivity index (χ1n) is 9.46. The Morgan fingerprint density at radius 2 is 1.77 bits per heavy atom. The van der Waals surface area contributed by atoms with E-state index in [9.17, 15) is 17.6 Å². The lowest BCUT2D eigenvalue weighted by Crippen LogP contribution is -2.07. The highest BCUT2D eigenvalue weighted by molar-refractivity contribution is 5.80. The highest BCUT2D eigenvalue weighted by Crippen LogP contribution is 2.34. The van der Waals surface area contributed by atoms with Crippen molar-refractivity contribution >= 4 is 11.0 Å². The fraction of sp³-hybridized carbons (Fsp3) is 0.300. The molecule has 1 aliphatic rings. The maximum Gasteiger partial charge on any atom is 0.419 e. The van der Waals surface area contributed by atoms with E-state index in [-0.39, 0.29) is 17.3 Å². The second-order valence-electron chi connectivity index (χ2n) is 7.29. The van der Waals surface area contributed by atoms with Crippen molar-refractivity contribution in [3.63, 3.8) is 0 Å². The van der Waals surface area contributed by atoms with Crippen molar-refractivity contribution in [2.75, 3.05) is 0 Å². The normalized spacial score (nSPS) is 15.3. The number of fused-ring (bicyclic) bond motifs is 1. The zero-order chi connectivity index (χ0) is 20.9. The maximum absolute atomic E-state index is 13.8. The summed E-state index contributed by atoms with van der Waals surface area (Å²) >= 11 is 0. The molecule has 10 heteroatoms. The van der Waals surface area contributed by atoms with E-state index in [4.69, 9.17) is 4.52 Å². The first-order chi connectivity index (χ1) is 14.4. The maximum atomic E-state index is 13.8. The topological polar surface area (TPSA) is 69.6 Å². The molecular weight excluding hydrogens is 402 g/mol. The van der Waals surface area contributed by atoms with Gasteiger partial charge in [0, 0.05) is 11.1 Å². The molecule has 0 N–H and O–H groups in total. The van der Waals surface area contributed by atoms with Gasteiger partial charge in [-0.2, -0.15) is 18.2 Å². The lowest BCUT2D eigenvalue weighted by Gasteiger charge is -2.09. The Labute approximate surface area is 167 Å². The SMILES string of the molecule is Fc1cc(-c2noc(-c3ccc4c(c3)nnn4C3CCCC3)n2)ccc1C(F)(F)F. The highest BCUT2D eigenvalue weighted by Gasteiger charge is 2.34. The van der Waals surface area contributed by atoms with Crippen molar-refractivity contribution in [1.82, 2.24) is 25.1 Å². The minimum atomic E-state index is -4.77. The van der Waals surface area contributed by atoms with E-state index in [0.717, 1.165) is 30.5 Å². The number of hydrogen-bond donors (Lipinski definition) is 0. The summed E-state index contributed by atoms with van der Waals surface area (Å²) in [6.07, 6.45) is -0.247. The number of rotatable bonds is 3. The molecule has 0 radical (unpaired) electrons. The Morgan fingerprint density at radius 1 is 1.00 bits per heavy atom. The predicted octanol–water partition coefficient (Wildman–Crippen LogP) is 5.42. The van der Waals surface area contributed by atoms with Gasteiger partial charge in [-0.15, -0.1) is 5.10 Å². The molecule has 5 rings (SSSR count). The van der Waals surface area contributed by atoms with E-state index in [0.29, 0.717) is 23.2 Å². The lowest BCUT2D eigenvalue weighted by atomic mass is 10.1. The Kier molecular flexibility index (Phi) is 4.30. The molecule has 2 aromatic heterocycles. The third-order valence-corrected chi connectivity index (χ3v) is 5.35. The molecule has 0 amide bonds. The molecule has 0 unspecified atom stereocenters. The summed E-state index contributed by atoms with van der Waals surface area (Å²) in [6, 6.07) is 8.30. The Bertz CT molecular complexity index is 1220. The third-order valence-electron chi connectivity index (χ3n) is 5.35. The molecular formula is C20H15F4N5O. The van der Waals surface area contributed by atoms with Crippen LogP contribution in [0, 0.1) is 5.82 Å². The van der Waals surface area contributed by atoms with Crippen LogP contribution in [0.5, 0.6) is 0 Å². The van der Waals surface area contributed by atoms with Crippen LogP contribution in [0.25, 0.3) is 33.9 Å². The minimum absolute atomic E-state index is 0.00710. The van der Waals surface area contributed by atoms with Gasteiger partial charge in [0.05, 0.1) is 17.1 Å². The van der Waals surface area contributed by atoms with E-state index in [1.54, 1.807) is 12.1 Å². The fourth-order valence-corrected chi connectivity index (χ4v) is 3.84. The molecule has 6 nitrogen and oxygen atoms in total. The van der Waals surface area contributed by atoms with Gasteiger partial charge in [0.15, 0.2) is 0 Å². The standard InChI is InChI=1S/C20H15F4N5O/c21-15-9-11(5-7-14(15)20(22,23)24)18-25-19(30-27-18)12-6-8-17-16(10-12)26-28-29(17)13-3-1-2-4-13/h5-10,13H,1-4H2. The molecule has 4 aromatic rings. The van der Waals surface area contributed by atoms with Crippen LogP contribution in [-0.4, -0.2) is 25.1 Å². The zero-order valence-electron chi connectivity index (χ0n) is 15.5. The summed E-state index contributed by atoms with van der Waals surface area (Å²) in [4.78, 5) is 4.19. The molecule has 1 fully saturated rings.